The number of piperidine rings is 2. The van der Waals surface area contributed by atoms with E-state index in [0.717, 1.165) is 25.9 Å². The van der Waals surface area contributed by atoms with Crippen molar-refractivity contribution in [3.63, 3.8) is 0 Å². The molecule has 8 rings (SSSR count). The monoisotopic (exact) mass is 540 g/mol. The Kier molecular flexibility index (Phi) is 5.91. The van der Waals surface area contributed by atoms with Gasteiger partial charge in [-0.1, -0.05) is 37.8 Å². The fourth-order valence-corrected chi connectivity index (χ4v) is 10.7. The first-order valence-electron chi connectivity index (χ1n) is 16.0. The van der Waals surface area contributed by atoms with Crippen LogP contribution in [-0.4, -0.2) is 55.2 Å². The Hall–Kier alpha value is -2.37. The highest BCUT2D eigenvalue weighted by molar-refractivity contribution is 5.68. The molecule has 2 heterocycles. The van der Waals surface area contributed by atoms with Crippen molar-refractivity contribution in [1.82, 2.24) is 9.80 Å². The summed E-state index contributed by atoms with van der Waals surface area (Å²) in [5.74, 6) is 2.68. The molecule has 2 aliphatic heterocycles. The predicted molar refractivity (Wildman–Crippen MR) is 156 cm³/mol. The molecule has 2 saturated heterocycles. The van der Waals surface area contributed by atoms with Gasteiger partial charge in [0.25, 0.3) is 0 Å². The Labute approximate surface area is 239 Å². The van der Waals surface area contributed by atoms with Crippen molar-refractivity contribution < 1.29 is 14.3 Å². The number of likely N-dealkylation sites (tertiary alicyclic amines) is 2. The smallest absolute Gasteiger partial charge is 0.395 e. The van der Waals surface area contributed by atoms with Crippen LogP contribution in [0.1, 0.15) is 86.5 Å². The van der Waals surface area contributed by atoms with Crippen molar-refractivity contribution >= 4 is 6.16 Å². The molecule has 0 radical (unpaired) electrons. The Balaban J connectivity index is 1.05. The largest absolute Gasteiger partial charge is 0.519 e. The maximum absolute atomic E-state index is 13.1. The Bertz CT molecular complexity index is 1240. The average molecular weight is 541 g/mol. The zero-order valence-corrected chi connectivity index (χ0v) is 24.3. The van der Waals surface area contributed by atoms with Crippen LogP contribution in [0.4, 0.5) is 4.79 Å². The van der Waals surface area contributed by atoms with Gasteiger partial charge in [0, 0.05) is 22.9 Å². The molecule has 0 unspecified atom stereocenters. The highest BCUT2D eigenvalue weighted by Crippen LogP contribution is 2.57. The highest BCUT2D eigenvalue weighted by Gasteiger charge is 2.54. The second-order valence-electron chi connectivity index (χ2n) is 14.1. The first kappa shape index (κ1) is 25.3. The third-order valence-corrected chi connectivity index (χ3v) is 12.6. The molecular formula is C35H44N2O3. The summed E-state index contributed by atoms with van der Waals surface area (Å²) in [6, 6.07) is 14.1. The van der Waals surface area contributed by atoms with Crippen molar-refractivity contribution in [3.05, 3.63) is 58.7 Å². The van der Waals surface area contributed by atoms with Crippen molar-refractivity contribution in [2.75, 3.05) is 27.2 Å². The van der Waals surface area contributed by atoms with Crippen LogP contribution in [-0.2, 0) is 23.7 Å². The summed E-state index contributed by atoms with van der Waals surface area (Å²) in [5, 5.41) is 0. The Morgan fingerprint density at radius 3 is 1.65 bits per heavy atom. The molecular weight excluding hydrogens is 496 g/mol. The van der Waals surface area contributed by atoms with Gasteiger partial charge in [-0.2, -0.15) is 0 Å². The van der Waals surface area contributed by atoms with Crippen LogP contribution in [0, 0.1) is 11.8 Å². The van der Waals surface area contributed by atoms with Crippen molar-refractivity contribution in [1.29, 1.82) is 0 Å². The summed E-state index contributed by atoms with van der Waals surface area (Å²) in [7, 11) is 4.61. The number of benzene rings is 2. The molecule has 2 saturated carbocycles. The molecule has 0 spiro atoms. The van der Waals surface area contributed by atoms with Gasteiger partial charge < -0.3 is 19.3 Å². The SMILES string of the molecule is CN1CC[C@]23CCCC[C@H]2[C@H]1Cc1ccc(OC(=O)Oc2ccc4c(c2)[C@@]25CCCC[C@H]2[C@@H](C4)N(C)CC5)cc13. The zero-order chi connectivity index (χ0) is 27.1. The van der Waals surface area contributed by atoms with Crippen molar-refractivity contribution in [2.24, 2.45) is 11.8 Å². The Morgan fingerprint density at radius 2 is 1.18 bits per heavy atom. The standard InChI is InChI=1S/C35H44N2O3/c1-36-17-15-34-13-5-3-7-27(34)31(36)19-23-9-11-25(21-29(23)34)39-33(38)40-26-12-10-24-20-32-28-8-4-6-14-35(28,30(24)22-26)16-18-37(32)2/h9-12,21-22,27-28,31-32H,3-8,13-20H2,1-2H3/t27-,28-,31+,32+,34+,35+/m0/s1. The van der Waals surface area contributed by atoms with Crippen LogP contribution in [0.5, 0.6) is 11.5 Å². The van der Waals surface area contributed by atoms with Crippen molar-refractivity contribution in [3.8, 4) is 11.5 Å². The molecule has 5 heteroatoms. The van der Waals surface area contributed by atoms with E-state index in [9.17, 15) is 4.79 Å². The lowest BCUT2D eigenvalue weighted by molar-refractivity contribution is 0.00265. The number of nitrogens with zero attached hydrogens (tertiary/aromatic N) is 2. The number of carbonyl (C=O) groups is 1. The third kappa shape index (κ3) is 3.69. The summed E-state index contributed by atoms with van der Waals surface area (Å²) in [6.45, 7) is 2.32. The number of hydrogen-bond donors (Lipinski definition) is 0. The highest BCUT2D eigenvalue weighted by atomic mass is 16.7. The summed E-state index contributed by atoms with van der Waals surface area (Å²) >= 11 is 0. The van der Waals surface area contributed by atoms with Gasteiger partial charge in [0.2, 0.25) is 0 Å². The molecule has 4 aliphatic carbocycles. The molecule has 212 valence electrons. The normalized spacial score (nSPS) is 36.5. The van der Waals surface area contributed by atoms with Crippen molar-refractivity contribution in [2.45, 2.75) is 100.0 Å². The minimum absolute atomic E-state index is 0.243. The fourth-order valence-electron chi connectivity index (χ4n) is 10.7. The van der Waals surface area contributed by atoms with E-state index in [1.54, 1.807) is 0 Å². The van der Waals surface area contributed by atoms with E-state index in [0.29, 0.717) is 35.4 Å². The second-order valence-corrected chi connectivity index (χ2v) is 14.1. The molecule has 40 heavy (non-hydrogen) atoms. The van der Waals surface area contributed by atoms with Gasteiger partial charge in [0.1, 0.15) is 11.5 Å². The lowest BCUT2D eigenvalue weighted by Gasteiger charge is -2.58. The predicted octanol–water partition coefficient (Wildman–Crippen LogP) is 6.64. The van der Waals surface area contributed by atoms with Crippen LogP contribution in [0.25, 0.3) is 0 Å². The maximum atomic E-state index is 13.1. The molecule has 2 aromatic rings. The number of hydrogen-bond acceptors (Lipinski definition) is 5. The van der Waals surface area contributed by atoms with E-state index in [1.807, 2.05) is 12.1 Å². The first-order valence-corrected chi connectivity index (χ1v) is 16.0. The molecule has 5 nitrogen and oxygen atoms in total. The number of rotatable bonds is 2. The fraction of sp³-hybridized carbons (Fsp3) is 0.629. The molecule has 4 bridgehead atoms. The number of likely N-dealkylation sites (N-methyl/N-ethyl adjacent to an activating group) is 2. The zero-order valence-electron chi connectivity index (χ0n) is 24.3. The van der Waals surface area contributed by atoms with Gasteiger partial charge in [-0.3, -0.25) is 0 Å². The summed E-state index contributed by atoms with van der Waals surface area (Å²) in [6.07, 6.45) is 14.5. The quantitative estimate of drug-likeness (QED) is 0.316. The van der Waals surface area contributed by atoms with E-state index in [4.69, 9.17) is 9.47 Å². The van der Waals surface area contributed by atoms with Crippen LogP contribution in [0.3, 0.4) is 0 Å². The van der Waals surface area contributed by atoms with Gasteiger partial charge in [-0.15, -0.1) is 0 Å². The average Bonchev–Trinajstić information content (AvgIpc) is 2.97. The Morgan fingerprint density at radius 1 is 0.700 bits per heavy atom. The van der Waals surface area contributed by atoms with E-state index >= 15 is 0 Å². The lowest BCUT2D eigenvalue weighted by atomic mass is 9.52. The second kappa shape index (κ2) is 9.32. The first-order chi connectivity index (χ1) is 19.5. The summed E-state index contributed by atoms with van der Waals surface area (Å²) in [4.78, 5) is 18.3. The maximum Gasteiger partial charge on any atom is 0.519 e. The summed E-state index contributed by atoms with van der Waals surface area (Å²) < 4.78 is 11.8. The van der Waals surface area contributed by atoms with Crippen LogP contribution in [0.2, 0.25) is 0 Å². The number of ether oxygens (including phenoxy) is 2. The van der Waals surface area contributed by atoms with E-state index in [-0.39, 0.29) is 10.8 Å². The van der Waals surface area contributed by atoms with Gasteiger partial charge in [-0.05, 0) is 137 Å². The van der Waals surface area contributed by atoms with Crippen LogP contribution >= 0.6 is 0 Å². The molecule has 4 fully saturated rings. The minimum Gasteiger partial charge on any atom is -0.395 e. The van der Waals surface area contributed by atoms with Gasteiger partial charge in [-0.25, -0.2) is 4.79 Å². The van der Waals surface area contributed by atoms with Gasteiger partial charge >= 0.3 is 6.16 Å². The molecule has 6 atom stereocenters. The van der Waals surface area contributed by atoms with Crippen LogP contribution in [0.15, 0.2) is 36.4 Å². The van der Waals surface area contributed by atoms with E-state index < -0.39 is 6.16 Å². The molecule has 6 aliphatic rings. The lowest BCUT2D eigenvalue weighted by Crippen LogP contribution is -2.59. The topological polar surface area (TPSA) is 42.0 Å². The van der Waals surface area contributed by atoms with Gasteiger partial charge in [0.05, 0.1) is 0 Å². The van der Waals surface area contributed by atoms with E-state index in [1.165, 1.54) is 86.5 Å². The van der Waals surface area contributed by atoms with Gasteiger partial charge in [0.15, 0.2) is 0 Å². The number of carbonyl (C=O) groups excluding carboxylic acids is 1. The van der Waals surface area contributed by atoms with Crippen LogP contribution < -0.4 is 9.47 Å². The minimum atomic E-state index is -0.621. The molecule has 0 amide bonds. The van der Waals surface area contributed by atoms with E-state index in [2.05, 4.69) is 48.2 Å². The molecule has 0 aromatic heterocycles. The number of fused-ring (bicyclic) bond motifs is 2. The third-order valence-electron chi connectivity index (χ3n) is 12.6. The summed E-state index contributed by atoms with van der Waals surface area (Å²) in [5.41, 5.74) is 6.27. The molecule has 0 N–H and O–H groups in total. The molecule has 2 aromatic carbocycles.